The Bertz CT molecular complexity index is 814. The van der Waals surface area contributed by atoms with Crippen molar-refractivity contribution in [3.8, 4) is 0 Å². The Morgan fingerprint density at radius 2 is 2.12 bits per heavy atom. The van der Waals surface area contributed by atoms with Crippen LogP contribution in [0.4, 0.5) is 11.5 Å². The van der Waals surface area contributed by atoms with Crippen LogP contribution in [-0.4, -0.2) is 28.7 Å². The van der Waals surface area contributed by atoms with Crippen molar-refractivity contribution in [1.29, 1.82) is 0 Å². The number of anilines is 2. The van der Waals surface area contributed by atoms with E-state index < -0.39 is 5.92 Å². The second-order valence-corrected chi connectivity index (χ2v) is 6.40. The lowest BCUT2D eigenvalue weighted by Gasteiger charge is -2.17. The van der Waals surface area contributed by atoms with Gasteiger partial charge in [0.2, 0.25) is 11.8 Å². The molecule has 1 aliphatic heterocycles. The van der Waals surface area contributed by atoms with Crippen LogP contribution in [0.15, 0.2) is 22.8 Å². The van der Waals surface area contributed by atoms with E-state index in [0.717, 1.165) is 18.5 Å². The normalized spacial score (nSPS) is 19.6. The number of carbonyl (C=O) groups is 2. The first-order valence-electron chi connectivity index (χ1n) is 8.14. The maximum Gasteiger partial charge on any atom is 0.231 e. The first-order valence-corrected chi connectivity index (χ1v) is 8.14. The fraction of sp³-hybridized carbons (Fsp3) is 0.412. The summed E-state index contributed by atoms with van der Waals surface area (Å²) in [6.45, 7) is 2.08. The molecule has 1 unspecified atom stereocenters. The van der Waals surface area contributed by atoms with Crippen molar-refractivity contribution in [2.45, 2.75) is 32.6 Å². The van der Waals surface area contributed by atoms with E-state index in [1.165, 1.54) is 17.5 Å². The van der Waals surface area contributed by atoms with Crippen LogP contribution in [0, 0.1) is 12.8 Å². The molecule has 1 N–H and O–H groups in total. The molecule has 0 radical (unpaired) electrons. The number of nitrogens with zero attached hydrogens (tertiary/aromatic N) is 3. The van der Waals surface area contributed by atoms with Crippen molar-refractivity contribution in [3.63, 3.8) is 0 Å². The van der Waals surface area contributed by atoms with Crippen LogP contribution >= 0.6 is 0 Å². The molecule has 2 amide bonds. The number of aryl methyl sites for hydroxylation is 3. The third kappa shape index (κ3) is 2.55. The van der Waals surface area contributed by atoms with Crippen molar-refractivity contribution in [3.05, 3.63) is 35.0 Å². The van der Waals surface area contributed by atoms with Crippen LogP contribution in [0.25, 0.3) is 0 Å². The van der Waals surface area contributed by atoms with Crippen LogP contribution in [0.1, 0.15) is 29.7 Å². The van der Waals surface area contributed by atoms with Gasteiger partial charge in [-0.25, -0.2) is 4.63 Å². The number of benzene rings is 1. The van der Waals surface area contributed by atoms with Gasteiger partial charge in [0.1, 0.15) is 5.69 Å². The predicted octanol–water partition coefficient (Wildman–Crippen LogP) is 1.86. The van der Waals surface area contributed by atoms with Gasteiger partial charge in [0.15, 0.2) is 5.82 Å². The lowest BCUT2D eigenvalue weighted by Crippen LogP contribution is -2.28. The SMILES string of the molecule is Cc1nonc1NC(=O)C1CC(=O)N(c2ccc3c(c2)CCC3)C1. The highest BCUT2D eigenvalue weighted by molar-refractivity contribution is 6.03. The molecule has 0 spiro atoms. The lowest BCUT2D eigenvalue weighted by atomic mass is 10.1. The molecule has 1 saturated heterocycles. The fourth-order valence-corrected chi connectivity index (χ4v) is 3.42. The van der Waals surface area contributed by atoms with Gasteiger partial charge in [0, 0.05) is 18.7 Å². The molecule has 1 aromatic heterocycles. The van der Waals surface area contributed by atoms with Crippen LogP contribution in [-0.2, 0) is 22.4 Å². The molecule has 124 valence electrons. The van der Waals surface area contributed by atoms with E-state index in [1.807, 2.05) is 6.07 Å². The van der Waals surface area contributed by atoms with E-state index in [-0.39, 0.29) is 18.2 Å². The first kappa shape index (κ1) is 14.9. The molecule has 2 aromatic rings. The number of aromatic nitrogens is 2. The van der Waals surface area contributed by atoms with E-state index in [2.05, 4.69) is 32.4 Å². The fourth-order valence-electron chi connectivity index (χ4n) is 3.42. The third-order valence-electron chi connectivity index (χ3n) is 4.78. The summed E-state index contributed by atoms with van der Waals surface area (Å²) < 4.78 is 4.57. The molecule has 24 heavy (non-hydrogen) atoms. The molecule has 2 heterocycles. The van der Waals surface area contributed by atoms with Crippen molar-refractivity contribution >= 4 is 23.3 Å². The molecule has 1 fully saturated rings. The molecule has 1 atom stereocenters. The largest absolute Gasteiger partial charge is 0.312 e. The zero-order valence-electron chi connectivity index (χ0n) is 13.4. The summed E-state index contributed by atoms with van der Waals surface area (Å²) in [5.74, 6) is -0.348. The highest BCUT2D eigenvalue weighted by Gasteiger charge is 2.36. The van der Waals surface area contributed by atoms with Crippen LogP contribution in [0.3, 0.4) is 0 Å². The minimum absolute atomic E-state index is 0.0249. The number of rotatable bonds is 3. The van der Waals surface area contributed by atoms with Gasteiger partial charge in [-0.15, -0.1) is 0 Å². The van der Waals surface area contributed by atoms with Crippen molar-refractivity contribution < 1.29 is 14.2 Å². The van der Waals surface area contributed by atoms with Crippen LogP contribution < -0.4 is 10.2 Å². The first-order chi connectivity index (χ1) is 11.6. The number of nitrogens with one attached hydrogen (secondary N) is 1. The highest BCUT2D eigenvalue weighted by Crippen LogP contribution is 2.31. The minimum Gasteiger partial charge on any atom is -0.312 e. The number of hydrogen-bond donors (Lipinski definition) is 1. The van der Waals surface area contributed by atoms with E-state index >= 15 is 0 Å². The van der Waals surface area contributed by atoms with Crippen LogP contribution in [0.2, 0.25) is 0 Å². The molecular formula is C17H18N4O3. The Kier molecular flexibility index (Phi) is 3.55. The summed E-state index contributed by atoms with van der Waals surface area (Å²) in [6, 6.07) is 6.17. The maximum atomic E-state index is 12.4. The van der Waals surface area contributed by atoms with Gasteiger partial charge in [-0.3, -0.25) is 9.59 Å². The Balaban J connectivity index is 1.48. The summed E-state index contributed by atoms with van der Waals surface area (Å²) in [4.78, 5) is 26.4. The highest BCUT2D eigenvalue weighted by atomic mass is 16.6. The third-order valence-corrected chi connectivity index (χ3v) is 4.78. The number of carbonyl (C=O) groups excluding carboxylic acids is 2. The van der Waals surface area contributed by atoms with Crippen LogP contribution in [0.5, 0.6) is 0 Å². The van der Waals surface area contributed by atoms with Gasteiger partial charge in [-0.2, -0.15) is 0 Å². The summed E-state index contributed by atoms with van der Waals surface area (Å²) in [5.41, 5.74) is 4.09. The minimum atomic E-state index is -0.401. The molecule has 1 aromatic carbocycles. The second-order valence-electron chi connectivity index (χ2n) is 6.40. The Hall–Kier alpha value is -2.70. The maximum absolute atomic E-state index is 12.4. The zero-order chi connectivity index (χ0) is 16.7. The molecule has 4 rings (SSSR count). The molecule has 1 aliphatic carbocycles. The number of amides is 2. The number of fused-ring (bicyclic) bond motifs is 1. The summed E-state index contributed by atoms with van der Waals surface area (Å²) in [5, 5.41) is 9.96. The Morgan fingerprint density at radius 3 is 2.92 bits per heavy atom. The van der Waals surface area contributed by atoms with Crippen molar-refractivity contribution in [1.82, 2.24) is 10.3 Å². The van der Waals surface area contributed by atoms with Gasteiger partial charge >= 0.3 is 0 Å². The number of hydrogen-bond acceptors (Lipinski definition) is 5. The average Bonchev–Trinajstić information content (AvgIpc) is 3.27. The van der Waals surface area contributed by atoms with E-state index in [0.29, 0.717) is 18.1 Å². The molecule has 0 bridgehead atoms. The van der Waals surface area contributed by atoms with Crippen molar-refractivity contribution in [2.24, 2.45) is 5.92 Å². The Morgan fingerprint density at radius 1 is 1.29 bits per heavy atom. The molecule has 7 nitrogen and oxygen atoms in total. The van der Waals surface area contributed by atoms with E-state index in [4.69, 9.17) is 0 Å². The summed E-state index contributed by atoms with van der Waals surface area (Å²) >= 11 is 0. The zero-order valence-corrected chi connectivity index (χ0v) is 13.4. The van der Waals surface area contributed by atoms with Gasteiger partial charge in [0.25, 0.3) is 0 Å². The molecule has 0 saturated carbocycles. The lowest BCUT2D eigenvalue weighted by molar-refractivity contribution is -0.122. The van der Waals surface area contributed by atoms with Gasteiger partial charge in [-0.1, -0.05) is 11.2 Å². The predicted molar refractivity (Wildman–Crippen MR) is 86.6 cm³/mol. The molecule has 7 heteroatoms. The second kappa shape index (κ2) is 5.74. The summed E-state index contributed by atoms with van der Waals surface area (Å²) in [7, 11) is 0. The van der Waals surface area contributed by atoms with E-state index in [1.54, 1.807) is 11.8 Å². The van der Waals surface area contributed by atoms with Gasteiger partial charge < -0.3 is 10.2 Å². The Labute approximate surface area is 139 Å². The molecule has 2 aliphatic rings. The van der Waals surface area contributed by atoms with Gasteiger partial charge in [-0.05, 0) is 54.6 Å². The smallest absolute Gasteiger partial charge is 0.231 e. The average molecular weight is 326 g/mol. The molecular weight excluding hydrogens is 308 g/mol. The standard InChI is InChI=1S/C17H18N4O3/c1-10-16(20-24-19-10)18-17(23)13-8-15(22)21(9-13)14-6-5-11-3-2-4-12(11)7-14/h5-7,13H,2-4,8-9H2,1H3,(H,18,20,23). The summed E-state index contributed by atoms with van der Waals surface area (Å²) in [6.07, 6.45) is 3.54. The quantitative estimate of drug-likeness (QED) is 0.930. The monoisotopic (exact) mass is 326 g/mol. The van der Waals surface area contributed by atoms with Crippen molar-refractivity contribution in [2.75, 3.05) is 16.8 Å². The van der Waals surface area contributed by atoms with Gasteiger partial charge in [0.05, 0.1) is 5.92 Å². The van der Waals surface area contributed by atoms with E-state index in [9.17, 15) is 9.59 Å². The topological polar surface area (TPSA) is 88.3 Å².